The van der Waals surface area contributed by atoms with Crippen LogP contribution in [0.2, 0.25) is 0 Å². The van der Waals surface area contributed by atoms with Crippen LogP contribution in [0.25, 0.3) is 0 Å². The Morgan fingerprint density at radius 2 is 1.91 bits per heavy atom. The highest BCUT2D eigenvalue weighted by Gasteiger charge is 2.49. The Bertz CT molecular complexity index is 852. The maximum atomic E-state index is 11.7. The minimum atomic E-state index is -0.557. The van der Waals surface area contributed by atoms with Gasteiger partial charge in [-0.1, -0.05) is 36.8 Å². The van der Waals surface area contributed by atoms with Crippen molar-refractivity contribution in [3.8, 4) is 0 Å². The number of carboxylic acid groups (broad SMARTS) is 1. The normalized spacial score (nSPS) is 40.1. The van der Waals surface area contributed by atoms with Crippen molar-refractivity contribution in [1.82, 2.24) is 10.2 Å². The van der Waals surface area contributed by atoms with E-state index in [-0.39, 0.29) is 11.5 Å². The van der Waals surface area contributed by atoms with E-state index in [1.54, 1.807) is 0 Å². The highest BCUT2D eigenvalue weighted by molar-refractivity contribution is 5.70. The molecule has 6 rings (SSSR count). The molecule has 2 heterocycles. The molecule has 0 radical (unpaired) electrons. The van der Waals surface area contributed by atoms with E-state index in [9.17, 15) is 9.90 Å². The molecule has 180 valence electrons. The number of hydrogen-bond acceptors (Lipinski definition) is 4. The number of carbonyl (C=O) groups is 1. The van der Waals surface area contributed by atoms with Gasteiger partial charge < -0.3 is 20.1 Å². The first-order valence-electron chi connectivity index (χ1n) is 13.4. The maximum Gasteiger partial charge on any atom is 0.306 e. The zero-order valence-electron chi connectivity index (χ0n) is 19.9. The zero-order chi connectivity index (χ0) is 22.5. The number of likely N-dealkylation sites (tertiary alicyclic amines) is 1. The fraction of sp³-hybridized carbons (Fsp3) is 0.750. The van der Waals surface area contributed by atoms with Crippen molar-refractivity contribution in [2.24, 2.45) is 17.3 Å². The summed E-state index contributed by atoms with van der Waals surface area (Å²) in [5, 5.41) is 13.5. The topological polar surface area (TPSA) is 61.8 Å². The molecule has 3 saturated carbocycles. The van der Waals surface area contributed by atoms with Gasteiger partial charge in [-0.3, -0.25) is 4.79 Å². The summed E-state index contributed by atoms with van der Waals surface area (Å²) in [7, 11) is 0. The van der Waals surface area contributed by atoms with Crippen LogP contribution in [-0.4, -0.2) is 59.9 Å². The summed E-state index contributed by atoms with van der Waals surface area (Å²) in [6.07, 6.45) is 11.5. The van der Waals surface area contributed by atoms with E-state index in [0.717, 1.165) is 64.6 Å². The lowest BCUT2D eigenvalue weighted by Gasteiger charge is -2.51. The molecule has 1 aromatic carbocycles. The molecule has 5 fully saturated rings. The molecule has 5 nitrogen and oxygen atoms in total. The van der Waals surface area contributed by atoms with Crippen molar-refractivity contribution >= 4 is 5.97 Å². The average molecular weight is 453 g/mol. The number of piperidine rings is 1. The molecule has 6 atom stereocenters. The second kappa shape index (κ2) is 8.66. The molecule has 1 spiro atoms. The van der Waals surface area contributed by atoms with Crippen LogP contribution in [-0.2, 0) is 9.53 Å². The summed E-state index contributed by atoms with van der Waals surface area (Å²) < 4.78 is 6.47. The Morgan fingerprint density at radius 3 is 2.70 bits per heavy atom. The number of hydrogen-bond donors (Lipinski definition) is 2. The molecule has 2 bridgehead atoms. The van der Waals surface area contributed by atoms with Crippen LogP contribution < -0.4 is 5.32 Å². The Labute approximate surface area is 198 Å². The molecule has 33 heavy (non-hydrogen) atoms. The van der Waals surface area contributed by atoms with E-state index >= 15 is 0 Å². The monoisotopic (exact) mass is 452 g/mol. The standard InChI is InChI=1S/C28H40N2O3/c31-26(32)23-8-10-27(9-4-7-21(23)16-27)19-30-13-11-28(12-14-30)17-22(18-33-28)29-25-15-24(25)20-5-2-1-3-6-20/h1-3,5-6,21-25,29H,4,7-19H2,(H,31,32)/t21?,22?,23?,24-,25+,27?/m0/s1. The third-order valence-electron chi connectivity index (χ3n) is 9.85. The Morgan fingerprint density at radius 1 is 1.09 bits per heavy atom. The fourth-order valence-corrected chi connectivity index (χ4v) is 7.96. The molecule has 2 N–H and O–H groups in total. The number of nitrogens with one attached hydrogen (secondary N) is 1. The first-order valence-corrected chi connectivity index (χ1v) is 13.4. The molecule has 0 amide bonds. The van der Waals surface area contributed by atoms with Gasteiger partial charge in [0.25, 0.3) is 0 Å². The lowest BCUT2D eigenvalue weighted by Crippen LogP contribution is -2.51. The van der Waals surface area contributed by atoms with Crippen LogP contribution in [0, 0.1) is 17.3 Å². The first kappa shape index (κ1) is 22.1. The lowest BCUT2D eigenvalue weighted by molar-refractivity contribution is -0.148. The van der Waals surface area contributed by atoms with E-state index in [2.05, 4.69) is 40.5 Å². The third kappa shape index (κ3) is 4.49. The highest BCUT2D eigenvalue weighted by Crippen LogP contribution is 2.52. The molecule has 2 saturated heterocycles. The average Bonchev–Trinajstić information content (AvgIpc) is 3.48. The van der Waals surface area contributed by atoms with Crippen molar-refractivity contribution in [2.75, 3.05) is 26.2 Å². The fourth-order valence-electron chi connectivity index (χ4n) is 7.96. The molecule has 0 aromatic heterocycles. The number of aliphatic carboxylic acids is 1. The summed E-state index contributed by atoms with van der Waals surface area (Å²) in [6, 6.07) is 12.0. The van der Waals surface area contributed by atoms with Gasteiger partial charge in [-0.25, -0.2) is 0 Å². The van der Waals surface area contributed by atoms with Crippen molar-refractivity contribution in [1.29, 1.82) is 0 Å². The van der Waals surface area contributed by atoms with Crippen molar-refractivity contribution in [2.45, 2.75) is 87.8 Å². The van der Waals surface area contributed by atoms with Crippen LogP contribution >= 0.6 is 0 Å². The summed E-state index contributed by atoms with van der Waals surface area (Å²) in [6.45, 7) is 4.31. The number of rotatable bonds is 6. The van der Waals surface area contributed by atoms with Crippen LogP contribution in [0.3, 0.4) is 0 Å². The van der Waals surface area contributed by atoms with Gasteiger partial charge >= 0.3 is 5.97 Å². The number of ether oxygens (including phenoxy) is 1. The maximum absolute atomic E-state index is 11.7. The van der Waals surface area contributed by atoms with Gasteiger partial charge in [-0.15, -0.1) is 0 Å². The largest absolute Gasteiger partial charge is 0.481 e. The van der Waals surface area contributed by atoms with Crippen molar-refractivity contribution in [3.63, 3.8) is 0 Å². The lowest BCUT2D eigenvalue weighted by atomic mass is 9.58. The van der Waals surface area contributed by atoms with Crippen LogP contribution in [0.4, 0.5) is 0 Å². The predicted molar refractivity (Wildman–Crippen MR) is 128 cm³/mol. The number of nitrogens with zero attached hydrogens (tertiary/aromatic N) is 1. The van der Waals surface area contributed by atoms with Crippen molar-refractivity contribution < 1.29 is 14.6 Å². The van der Waals surface area contributed by atoms with Gasteiger partial charge in [0.1, 0.15) is 0 Å². The van der Waals surface area contributed by atoms with Gasteiger partial charge in [-0.05, 0) is 74.7 Å². The SMILES string of the molecule is O=C(O)C1CCC2(CN3CCC4(CC3)CC(N[C@@H]3C[C@H]3c3ccccc3)CO4)CCCC1C2. The number of fused-ring (bicyclic) bond motifs is 2. The van der Waals surface area contributed by atoms with Crippen LogP contribution in [0.5, 0.6) is 0 Å². The van der Waals surface area contributed by atoms with E-state index < -0.39 is 5.97 Å². The first-order chi connectivity index (χ1) is 16.0. The van der Waals surface area contributed by atoms with Crippen molar-refractivity contribution in [3.05, 3.63) is 35.9 Å². The second-order valence-corrected chi connectivity index (χ2v) is 12.0. The number of benzene rings is 1. The van der Waals surface area contributed by atoms with Gasteiger partial charge in [-0.2, -0.15) is 0 Å². The van der Waals surface area contributed by atoms with Gasteiger partial charge in [0, 0.05) is 37.6 Å². The van der Waals surface area contributed by atoms with Gasteiger partial charge in [0.15, 0.2) is 0 Å². The van der Waals surface area contributed by atoms with Crippen LogP contribution in [0.1, 0.15) is 75.7 Å². The minimum Gasteiger partial charge on any atom is -0.481 e. The van der Waals surface area contributed by atoms with Gasteiger partial charge in [0.2, 0.25) is 0 Å². The second-order valence-electron chi connectivity index (χ2n) is 12.0. The summed E-state index contributed by atoms with van der Waals surface area (Å²) in [5.41, 5.74) is 1.93. The highest BCUT2D eigenvalue weighted by atomic mass is 16.5. The molecule has 1 aromatic rings. The zero-order valence-corrected chi connectivity index (χ0v) is 19.9. The summed E-state index contributed by atoms with van der Waals surface area (Å²) in [5.74, 6) is 0.443. The Hall–Kier alpha value is -1.43. The molecule has 3 aliphatic carbocycles. The molecule has 5 heteroatoms. The van der Waals surface area contributed by atoms with E-state index in [1.807, 2.05) is 0 Å². The molecular weight excluding hydrogens is 412 g/mol. The molecular formula is C28H40N2O3. The predicted octanol–water partition coefficient (Wildman–Crippen LogP) is 4.43. The molecule has 4 unspecified atom stereocenters. The van der Waals surface area contributed by atoms with E-state index in [1.165, 1.54) is 31.4 Å². The van der Waals surface area contributed by atoms with Crippen LogP contribution in [0.15, 0.2) is 30.3 Å². The minimum absolute atomic E-state index is 0.0824. The third-order valence-corrected chi connectivity index (χ3v) is 9.85. The van der Waals surface area contributed by atoms with Gasteiger partial charge in [0.05, 0.1) is 18.1 Å². The Balaban J connectivity index is 0.986. The summed E-state index contributed by atoms with van der Waals surface area (Å²) >= 11 is 0. The summed E-state index contributed by atoms with van der Waals surface area (Å²) in [4.78, 5) is 14.3. The quantitative estimate of drug-likeness (QED) is 0.669. The molecule has 5 aliphatic rings. The number of carboxylic acids is 1. The Kier molecular flexibility index (Phi) is 5.79. The molecule has 2 aliphatic heterocycles. The van der Waals surface area contributed by atoms with E-state index in [4.69, 9.17) is 4.74 Å². The van der Waals surface area contributed by atoms with E-state index in [0.29, 0.717) is 29.3 Å². The smallest absolute Gasteiger partial charge is 0.306 e.